The maximum Gasteiger partial charge on any atom is 0.179 e. The second-order valence-electron chi connectivity index (χ2n) is 3.97. The summed E-state index contributed by atoms with van der Waals surface area (Å²) in [5.41, 5.74) is 6.40. The fourth-order valence-electron chi connectivity index (χ4n) is 1.90. The van der Waals surface area contributed by atoms with E-state index in [0.717, 1.165) is 6.07 Å². The highest BCUT2D eigenvalue weighted by atomic mass is 32.2. The standard InChI is InChI=1S/C10H12FNO2S/c1-6-5-15(13,14)9-4-7(11)2-3-8(9)10(6)12/h2-4,6,10H,5,12H2,1H3. The van der Waals surface area contributed by atoms with Gasteiger partial charge in [-0.3, -0.25) is 0 Å². The summed E-state index contributed by atoms with van der Waals surface area (Å²) in [6, 6.07) is 3.43. The molecule has 2 unspecified atom stereocenters. The van der Waals surface area contributed by atoms with Gasteiger partial charge in [0.05, 0.1) is 10.6 Å². The first kappa shape index (κ1) is 10.6. The van der Waals surface area contributed by atoms with Gasteiger partial charge in [-0.1, -0.05) is 13.0 Å². The molecule has 0 aromatic heterocycles. The molecule has 1 aliphatic heterocycles. The lowest BCUT2D eigenvalue weighted by atomic mass is 9.96. The molecule has 0 amide bonds. The highest BCUT2D eigenvalue weighted by Gasteiger charge is 2.33. The molecule has 0 bridgehead atoms. The van der Waals surface area contributed by atoms with Gasteiger partial charge in [0.15, 0.2) is 9.84 Å². The summed E-state index contributed by atoms with van der Waals surface area (Å²) in [5, 5.41) is 0. The van der Waals surface area contributed by atoms with Crippen molar-refractivity contribution in [3.05, 3.63) is 29.6 Å². The molecule has 0 saturated heterocycles. The van der Waals surface area contributed by atoms with Crippen LogP contribution in [0.4, 0.5) is 4.39 Å². The molecule has 2 atom stereocenters. The lowest BCUT2D eigenvalue weighted by molar-refractivity contribution is 0.475. The first-order chi connectivity index (χ1) is 6.92. The van der Waals surface area contributed by atoms with E-state index in [9.17, 15) is 12.8 Å². The molecule has 5 heteroatoms. The van der Waals surface area contributed by atoms with Crippen molar-refractivity contribution >= 4 is 9.84 Å². The van der Waals surface area contributed by atoms with Crippen molar-refractivity contribution in [2.75, 3.05) is 5.75 Å². The number of hydrogen-bond acceptors (Lipinski definition) is 3. The molecule has 3 nitrogen and oxygen atoms in total. The molecule has 2 rings (SSSR count). The molecule has 0 fully saturated rings. The van der Waals surface area contributed by atoms with Crippen molar-refractivity contribution in [2.24, 2.45) is 11.7 Å². The first-order valence-corrected chi connectivity index (χ1v) is 6.35. The minimum absolute atomic E-state index is 0.00931. The van der Waals surface area contributed by atoms with Gasteiger partial charge >= 0.3 is 0 Å². The van der Waals surface area contributed by atoms with Crippen LogP contribution >= 0.6 is 0 Å². The molecular weight excluding hydrogens is 217 g/mol. The van der Waals surface area contributed by atoms with E-state index in [0.29, 0.717) is 5.56 Å². The molecule has 0 saturated carbocycles. The molecular formula is C10H12FNO2S. The van der Waals surface area contributed by atoms with Gasteiger partial charge in [0.2, 0.25) is 0 Å². The van der Waals surface area contributed by atoms with Gasteiger partial charge in [-0.15, -0.1) is 0 Å². The number of sulfone groups is 1. The summed E-state index contributed by atoms with van der Waals surface area (Å²) < 4.78 is 36.5. The first-order valence-electron chi connectivity index (χ1n) is 4.69. The Kier molecular flexibility index (Phi) is 2.31. The Morgan fingerprint density at radius 3 is 2.80 bits per heavy atom. The smallest absolute Gasteiger partial charge is 0.179 e. The minimum Gasteiger partial charge on any atom is -0.324 e. The predicted molar refractivity (Wildman–Crippen MR) is 54.5 cm³/mol. The van der Waals surface area contributed by atoms with E-state index in [-0.39, 0.29) is 22.6 Å². The molecule has 1 aliphatic rings. The Hall–Kier alpha value is -0.940. The van der Waals surface area contributed by atoms with Crippen molar-refractivity contribution in [3.63, 3.8) is 0 Å². The quantitative estimate of drug-likeness (QED) is 0.728. The van der Waals surface area contributed by atoms with Crippen LogP contribution < -0.4 is 5.73 Å². The third-order valence-electron chi connectivity index (χ3n) is 2.77. The van der Waals surface area contributed by atoms with E-state index in [1.807, 2.05) is 0 Å². The zero-order valence-electron chi connectivity index (χ0n) is 8.27. The van der Waals surface area contributed by atoms with E-state index in [2.05, 4.69) is 0 Å². The van der Waals surface area contributed by atoms with Crippen LogP contribution in [0.5, 0.6) is 0 Å². The van der Waals surface area contributed by atoms with E-state index in [4.69, 9.17) is 5.73 Å². The van der Waals surface area contributed by atoms with E-state index >= 15 is 0 Å². The largest absolute Gasteiger partial charge is 0.324 e. The maximum absolute atomic E-state index is 13.0. The normalized spacial score (nSPS) is 28.5. The van der Waals surface area contributed by atoms with Gasteiger partial charge in [-0.25, -0.2) is 12.8 Å². The molecule has 0 radical (unpaired) electrons. The van der Waals surface area contributed by atoms with Gasteiger partial charge in [0.1, 0.15) is 5.82 Å². The SMILES string of the molecule is CC1CS(=O)(=O)c2cc(F)ccc2C1N. The summed E-state index contributed by atoms with van der Waals surface area (Å²) in [7, 11) is -3.37. The average Bonchev–Trinajstić information content (AvgIpc) is 2.14. The Morgan fingerprint density at radius 2 is 2.13 bits per heavy atom. The van der Waals surface area contributed by atoms with Gasteiger partial charge in [-0.05, 0) is 23.6 Å². The third kappa shape index (κ3) is 1.66. The minimum atomic E-state index is -3.37. The van der Waals surface area contributed by atoms with Crippen LogP contribution in [0.15, 0.2) is 23.1 Å². The summed E-state index contributed by atoms with van der Waals surface area (Å²) in [6.07, 6.45) is 0. The average molecular weight is 229 g/mol. The fraction of sp³-hybridized carbons (Fsp3) is 0.400. The zero-order chi connectivity index (χ0) is 11.2. The molecule has 1 heterocycles. The number of fused-ring (bicyclic) bond motifs is 1. The Balaban J connectivity index is 2.70. The number of hydrogen-bond donors (Lipinski definition) is 1. The summed E-state index contributed by atoms with van der Waals surface area (Å²) in [4.78, 5) is 0.0492. The molecule has 1 aromatic rings. The van der Waals surface area contributed by atoms with Crippen molar-refractivity contribution in [2.45, 2.75) is 17.9 Å². The van der Waals surface area contributed by atoms with Crippen molar-refractivity contribution in [3.8, 4) is 0 Å². The Bertz CT molecular complexity index is 498. The van der Waals surface area contributed by atoms with Gasteiger partial charge in [-0.2, -0.15) is 0 Å². The summed E-state index contributed by atoms with van der Waals surface area (Å²) >= 11 is 0. The molecule has 0 spiro atoms. The van der Waals surface area contributed by atoms with Crippen LogP contribution in [0.3, 0.4) is 0 Å². The van der Waals surface area contributed by atoms with Crippen LogP contribution in [-0.2, 0) is 9.84 Å². The van der Waals surface area contributed by atoms with Crippen molar-refractivity contribution in [1.29, 1.82) is 0 Å². The van der Waals surface area contributed by atoms with E-state index in [1.54, 1.807) is 6.92 Å². The lowest BCUT2D eigenvalue weighted by Crippen LogP contribution is -2.32. The zero-order valence-corrected chi connectivity index (χ0v) is 9.09. The predicted octanol–water partition coefficient (Wildman–Crippen LogP) is 1.25. The number of benzene rings is 1. The Morgan fingerprint density at radius 1 is 1.47 bits per heavy atom. The number of halogens is 1. The summed E-state index contributed by atoms with van der Waals surface area (Å²) in [6.45, 7) is 1.79. The molecule has 2 N–H and O–H groups in total. The van der Waals surface area contributed by atoms with Crippen molar-refractivity contribution < 1.29 is 12.8 Å². The second-order valence-corrected chi connectivity index (χ2v) is 5.97. The topological polar surface area (TPSA) is 60.2 Å². The third-order valence-corrected chi connectivity index (χ3v) is 4.75. The molecule has 1 aromatic carbocycles. The molecule has 0 aliphatic carbocycles. The lowest BCUT2D eigenvalue weighted by Gasteiger charge is -2.28. The van der Waals surface area contributed by atoms with Crippen LogP contribution in [0.2, 0.25) is 0 Å². The van der Waals surface area contributed by atoms with Crippen LogP contribution in [0.25, 0.3) is 0 Å². The van der Waals surface area contributed by atoms with Crippen LogP contribution in [0, 0.1) is 11.7 Å². The van der Waals surface area contributed by atoms with Gasteiger partial charge in [0.25, 0.3) is 0 Å². The maximum atomic E-state index is 13.0. The monoisotopic (exact) mass is 229 g/mol. The molecule has 82 valence electrons. The molecule has 15 heavy (non-hydrogen) atoms. The van der Waals surface area contributed by atoms with Crippen LogP contribution in [-0.4, -0.2) is 14.2 Å². The van der Waals surface area contributed by atoms with E-state index < -0.39 is 15.7 Å². The number of rotatable bonds is 0. The highest BCUT2D eigenvalue weighted by Crippen LogP contribution is 2.34. The number of nitrogens with two attached hydrogens (primary N) is 1. The fourth-order valence-corrected chi connectivity index (χ4v) is 3.83. The second kappa shape index (κ2) is 3.28. The van der Waals surface area contributed by atoms with Gasteiger partial charge < -0.3 is 5.73 Å². The summed E-state index contributed by atoms with van der Waals surface area (Å²) in [5.74, 6) is -0.683. The Labute approximate surface area is 88.0 Å². The van der Waals surface area contributed by atoms with Crippen LogP contribution in [0.1, 0.15) is 18.5 Å². The highest BCUT2D eigenvalue weighted by molar-refractivity contribution is 7.91. The van der Waals surface area contributed by atoms with E-state index in [1.165, 1.54) is 12.1 Å². The van der Waals surface area contributed by atoms with Gasteiger partial charge in [0, 0.05) is 6.04 Å². The van der Waals surface area contributed by atoms with Crippen molar-refractivity contribution in [1.82, 2.24) is 0 Å².